The molecule has 0 spiro atoms. The second-order valence-electron chi connectivity index (χ2n) is 16.9. The van der Waals surface area contributed by atoms with Gasteiger partial charge in [0.05, 0.1) is 0 Å². The Bertz CT molecular complexity index is 2020. The van der Waals surface area contributed by atoms with Crippen molar-refractivity contribution in [1.82, 2.24) is 4.90 Å². The van der Waals surface area contributed by atoms with Gasteiger partial charge in [0.25, 0.3) is 0 Å². The zero-order chi connectivity index (χ0) is 41.3. The Balaban J connectivity index is 0.000000166. The highest BCUT2D eigenvalue weighted by molar-refractivity contribution is 7.99. The Morgan fingerprint density at radius 2 is 1.39 bits per heavy atom. The maximum absolute atomic E-state index is 12.8. The number of carbonyl (C=O) groups is 5. The van der Waals surface area contributed by atoms with Crippen LogP contribution in [0.2, 0.25) is 0 Å². The van der Waals surface area contributed by atoms with Crippen molar-refractivity contribution in [3.8, 4) is 0 Å². The molecule has 0 aromatic heterocycles. The van der Waals surface area contributed by atoms with E-state index in [1.807, 2.05) is 17.8 Å². The topological polar surface area (TPSA) is 138 Å². The van der Waals surface area contributed by atoms with Crippen LogP contribution in [0.5, 0.6) is 0 Å². The van der Waals surface area contributed by atoms with Gasteiger partial charge in [-0.2, -0.15) is 0 Å². The van der Waals surface area contributed by atoms with Gasteiger partial charge in [0.2, 0.25) is 0 Å². The van der Waals surface area contributed by atoms with Crippen LogP contribution in [0.25, 0.3) is 5.57 Å². The number of rotatable bonds is 4. The van der Waals surface area contributed by atoms with Crippen LogP contribution < -0.4 is 0 Å². The van der Waals surface area contributed by atoms with Gasteiger partial charge in [0.15, 0.2) is 17.2 Å². The van der Waals surface area contributed by atoms with Gasteiger partial charge in [-0.1, -0.05) is 79.2 Å². The summed E-state index contributed by atoms with van der Waals surface area (Å²) in [5, 5.41) is 15.6. The summed E-state index contributed by atoms with van der Waals surface area (Å²) in [6.07, 6.45) is 12.7. The first kappa shape index (κ1) is 42.1. The second kappa shape index (κ2) is 16.7. The molecule has 6 unspecified atom stereocenters. The summed E-state index contributed by atoms with van der Waals surface area (Å²) >= 11 is 1.91. The Morgan fingerprint density at radius 3 is 1.93 bits per heavy atom. The van der Waals surface area contributed by atoms with Crippen LogP contribution in [-0.4, -0.2) is 70.3 Å². The molecule has 2 aromatic rings. The predicted molar refractivity (Wildman–Crippen MR) is 221 cm³/mol. The maximum atomic E-state index is 12.8. The predicted octanol–water partition coefficient (Wildman–Crippen LogP) is 8.97. The molecule has 0 amide bonds. The minimum Gasteiger partial charge on any atom is -0.478 e. The summed E-state index contributed by atoms with van der Waals surface area (Å²) in [5.74, 6) is -1.49. The Hall–Kier alpha value is -4.54. The van der Waals surface area contributed by atoms with Gasteiger partial charge in [-0.25, -0.2) is 9.59 Å². The standard InChI is InChI=1S/C24H32O4.C19H19NS.C4H4O4/c1-14-12-18-19(22(4)9-6-17(27)13-21(14)22)7-10-23(5)20(18)8-11-24(23,15(2)25)28-16(3)26;1-20-12-10-14(11-13-20)19-15-6-2-4-8-17(15)21-18-9-5-3-7-16(18)19;5-3(6)1-2-4(7)8/h12-13,18-20H,6-11H2,1-5H3;2-9H,10-13H2,1H3;1-2H,(H,5,6)(H,7,8). The highest BCUT2D eigenvalue weighted by atomic mass is 32.2. The SMILES string of the molecule is CC(=O)OC1(C(C)=O)CCC2C3C=C(C)C4=CC(=O)CCC4(C)C3CCC21C.CN1CCC(=C2c3ccccc3Sc3ccccc32)CC1.O=C(O)C=CC(=O)O. The molecule has 6 atom stereocenters. The average molecular weight is 794 g/mol. The highest BCUT2D eigenvalue weighted by Gasteiger charge is 2.67. The van der Waals surface area contributed by atoms with Crippen molar-refractivity contribution in [2.75, 3.05) is 20.1 Å². The molecule has 4 aliphatic carbocycles. The maximum Gasteiger partial charge on any atom is 0.328 e. The number of likely N-dealkylation sites (tertiary alicyclic amines) is 1. The lowest BCUT2D eigenvalue weighted by molar-refractivity contribution is -0.185. The van der Waals surface area contributed by atoms with Gasteiger partial charge in [0, 0.05) is 53.8 Å². The highest BCUT2D eigenvalue weighted by Crippen LogP contribution is 2.68. The molecule has 57 heavy (non-hydrogen) atoms. The van der Waals surface area contributed by atoms with Crippen LogP contribution in [-0.2, 0) is 28.7 Å². The fourth-order valence-corrected chi connectivity index (χ4v) is 12.0. The molecule has 2 aromatic carbocycles. The average Bonchev–Trinajstić information content (AvgIpc) is 3.47. The number of carboxylic acid groups (broad SMARTS) is 2. The van der Waals surface area contributed by atoms with E-state index in [2.05, 4.69) is 87.3 Å². The molecule has 0 radical (unpaired) electrons. The fourth-order valence-electron chi connectivity index (χ4n) is 10.9. The second-order valence-corrected chi connectivity index (χ2v) is 18.0. The molecule has 6 aliphatic rings. The molecule has 8 rings (SSSR count). The number of carboxylic acids is 2. The molecule has 2 heterocycles. The normalized spacial score (nSPS) is 30.0. The van der Waals surface area contributed by atoms with Crippen LogP contribution in [0, 0.1) is 28.6 Å². The van der Waals surface area contributed by atoms with Gasteiger partial charge in [0.1, 0.15) is 0 Å². The number of hydrogen-bond donors (Lipinski definition) is 2. The van der Waals surface area contributed by atoms with E-state index >= 15 is 0 Å². The minimum atomic E-state index is -1.26. The van der Waals surface area contributed by atoms with E-state index in [0.29, 0.717) is 42.7 Å². The van der Waals surface area contributed by atoms with E-state index in [4.69, 9.17) is 14.9 Å². The lowest BCUT2D eigenvalue weighted by atomic mass is 9.47. The van der Waals surface area contributed by atoms with Crippen molar-refractivity contribution >= 4 is 46.8 Å². The van der Waals surface area contributed by atoms with Gasteiger partial charge < -0.3 is 19.8 Å². The lowest BCUT2D eigenvalue weighted by Gasteiger charge is -2.58. The fraction of sp³-hybridized carbons (Fsp3) is 0.468. The largest absolute Gasteiger partial charge is 0.478 e. The van der Waals surface area contributed by atoms with Crippen LogP contribution in [0.3, 0.4) is 0 Å². The summed E-state index contributed by atoms with van der Waals surface area (Å²) in [6.45, 7) is 12.0. The number of allylic oxidation sites excluding steroid dienone is 4. The van der Waals surface area contributed by atoms with E-state index in [1.165, 1.54) is 70.5 Å². The van der Waals surface area contributed by atoms with Crippen molar-refractivity contribution in [3.63, 3.8) is 0 Å². The summed E-state index contributed by atoms with van der Waals surface area (Å²) in [7, 11) is 2.22. The number of carbonyl (C=O) groups excluding carboxylic acids is 3. The van der Waals surface area contributed by atoms with Crippen LogP contribution in [0.1, 0.15) is 97.1 Å². The minimum absolute atomic E-state index is 0.0160. The van der Waals surface area contributed by atoms with Gasteiger partial charge in [-0.05, 0) is 129 Å². The number of nitrogens with zero attached hydrogens (tertiary/aromatic N) is 1. The van der Waals surface area contributed by atoms with Crippen molar-refractivity contribution in [1.29, 1.82) is 0 Å². The number of benzene rings is 2. The van der Waals surface area contributed by atoms with Crippen molar-refractivity contribution in [2.45, 2.75) is 101 Å². The van der Waals surface area contributed by atoms with Gasteiger partial charge in [-0.15, -0.1) is 0 Å². The van der Waals surface area contributed by atoms with Crippen LogP contribution in [0.4, 0.5) is 0 Å². The monoisotopic (exact) mass is 793 g/mol. The lowest BCUT2D eigenvalue weighted by Crippen LogP contribution is -2.58. The molecular weight excluding hydrogens is 739 g/mol. The number of piperidine rings is 1. The smallest absolute Gasteiger partial charge is 0.328 e. The van der Waals surface area contributed by atoms with E-state index < -0.39 is 17.5 Å². The number of aliphatic carboxylic acids is 2. The third-order valence-electron chi connectivity index (χ3n) is 13.7. The third kappa shape index (κ3) is 8.13. The molecular formula is C47H55NO8S. The zero-order valence-corrected chi connectivity index (χ0v) is 34.7. The van der Waals surface area contributed by atoms with E-state index in [-0.39, 0.29) is 28.4 Å². The third-order valence-corrected chi connectivity index (χ3v) is 14.8. The Morgan fingerprint density at radius 1 is 0.825 bits per heavy atom. The summed E-state index contributed by atoms with van der Waals surface area (Å²) < 4.78 is 5.82. The van der Waals surface area contributed by atoms with Gasteiger partial charge >= 0.3 is 17.9 Å². The van der Waals surface area contributed by atoms with E-state index in [0.717, 1.165) is 25.7 Å². The molecule has 2 saturated carbocycles. The number of Topliss-reactive ketones (excluding diaryl/α,β-unsaturated/α-hetero) is 1. The molecule has 3 fully saturated rings. The summed E-state index contributed by atoms with van der Waals surface area (Å²) in [4.78, 5) is 61.1. The summed E-state index contributed by atoms with van der Waals surface area (Å²) in [6, 6.07) is 17.7. The van der Waals surface area contributed by atoms with Gasteiger partial charge in [-0.3, -0.25) is 14.4 Å². The van der Waals surface area contributed by atoms with Crippen molar-refractivity contribution in [3.05, 3.63) is 101 Å². The van der Waals surface area contributed by atoms with Crippen LogP contribution in [0.15, 0.2) is 99.3 Å². The number of ketones is 2. The number of esters is 1. The molecule has 9 nitrogen and oxygen atoms in total. The first-order valence-corrected chi connectivity index (χ1v) is 20.9. The van der Waals surface area contributed by atoms with Crippen molar-refractivity contribution < 1.29 is 38.9 Å². The zero-order valence-electron chi connectivity index (χ0n) is 33.9. The first-order chi connectivity index (χ1) is 27.0. The molecule has 0 bridgehead atoms. The van der Waals surface area contributed by atoms with Crippen LogP contribution >= 0.6 is 11.8 Å². The molecule has 2 N–H and O–H groups in total. The molecule has 302 valence electrons. The first-order valence-electron chi connectivity index (χ1n) is 20.1. The Labute approximate surface area is 340 Å². The van der Waals surface area contributed by atoms with E-state index in [9.17, 15) is 24.0 Å². The number of fused-ring (bicyclic) bond motifs is 7. The Kier molecular flexibility index (Phi) is 12.4. The molecule has 10 heteroatoms. The molecule has 2 aliphatic heterocycles. The molecule has 1 saturated heterocycles. The summed E-state index contributed by atoms with van der Waals surface area (Å²) in [5.41, 5.74) is 7.16. The van der Waals surface area contributed by atoms with Crippen molar-refractivity contribution in [2.24, 2.45) is 28.6 Å². The number of hydrogen-bond acceptors (Lipinski definition) is 8. The quantitative estimate of drug-likeness (QED) is 0.195. The number of ether oxygens (including phenoxy) is 1. The van der Waals surface area contributed by atoms with E-state index in [1.54, 1.807) is 12.5 Å².